The van der Waals surface area contributed by atoms with E-state index in [2.05, 4.69) is 26.8 Å². The lowest BCUT2D eigenvalue weighted by Crippen LogP contribution is -2.44. The van der Waals surface area contributed by atoms with Crippen LogP contribution in [0.1, 0.15) is 0 Å². The molecular weight excluding hydrogens is 361 g/mol. The number of aromatic nitrogens is 3. The van der Waals surface area contributed by atoms with E-state index in [0.29, 0.717) is 11.5 Å². The highest BCUT2D eigenvalue weighted by Crippen LogP contribution is 2.28. The third kappa shape index (κ3) is 2.82. The van der Waals surface area contributed by atoms with E-state index in [-0.39, 0.29) is 16.5 Å². The van der Waals surface area contributed by atoms with Gasteiger partial charge in [-0.25, -0.2) is 19.2 Å². The predicted octanol–water partition coefficient (Wildman–Crippen LogP) is 2.39. The third-order valence-corrected chi connectivity index (χ3v) is 5.17. The van der Waals surface area contributed by atoms with Gasteiger partial charge in [0.1, 0.15) is 11.4 Å². The normalized spacial score (nSPS) is 15.6. The molecule has 0 saturated carbocycles. The van der Waals surface area contributed by atoms with E-state index in [4.69, 9.17) is 4.42 Å². The Hall–Kier alpha value is -3.26. The fraction of sp³-hybridized carbons (Fsp3) is 0.250. The maximum Gasteiger partial charge on any atom is 0.345 e. The Morgan fingerprint density at radius 3 is 2.75 bits per heavy atom. The van der Waals surface area contributed by atoms with Crippen molar-refractivity contribution < 1.29 is 8.81 Å². The molecule has 0 unspecified atom stereocenters. The van der Waals surface area contributed by atoms with Crippen LogP contribution in [0.2, 0.25) is 0 Å². The van der Waals surface area contributed by atoms with Crippen molar-refractivity contribution >= 4 is 22.4 Å². The quantitative estimate of drug-likeness (QED) is 0.498. The van der Waals surface area contributed by atoms with Crippen LogP contribution in [-0.2, 0) is 0 Å². The molecule has 1 saturated heterocycles. The molecular formula is C20H18FN5O2. The fourth-order valence-electron chi connectivity index (χ4n) is 3.55. The van der Waals surface area contributed by atoms with Crippen LogP contribution < -0.4 is 10.5 Å². The van der Waals surface area contributed by atoms with Gasteiger partial charge in [-0.3, -0.25) is 4.40 Å². The lowest BCUT2D eigenvalue weighted by atomic mass is 10.1. The SMILES string of the molecule is CN1CCN(c2cc(F)c3cc(-c4cn5cccnc5n4)c(=O)oc3c2)CC1. The zero-order valence-electron chi connectivity index (χ0n) is 15.3. The van der Waals surface area contributed by atoms with Crippen LogP contribution in [0, 0.1) is 5.82 Å². The summed E-state index contributed by atoms with van der Waals surface area (Å²) in [7, 11) is 2.06. The van der Waals surface area contributed by atoms with Gasteiger partial charge in [0.25, 0.3) is 0 Å². The molecule has 3 aromatic heterocycles. The van der Waals surface area contributed by atoms with Crippen LogP contribution in [0.3, 0.4) is 0 Å². The number of halogens is 1. The number of hydrogen-bond acceptors (Lipinski definition) is 6. The standard InChI is InChI=1S/C20H18FN5O2/c1-24-5-7-25(8-6-24)13-9-16(21)14-11-15(19(27)28-18(14)10-13)17-12-26-4-2-3-22-20(26)23-17/h2-4,9-12H,5-8H2,1H3. The van der Waals surface area contributed by atoms with Crippen molar-refractivity contribution in [2.75, 3.05) is 38.1 Å². The van der Waals surface area contributed by atoms with E-state index in [1.54, 1.807) is 35.1 Å². The van der Waals surface area contributed by atoms with Crippen molar-refractivity contribution in [2.45, 2.75) is 0 Å². The minimum atomic E-state index is -0.550. The highest BCUT2D eigenvalue weighted by Gasteiger charge is 2.19. The molecule has 0 spiro atoms. The summed E-state index contributed by atoms with van der Waals surface area (Å²) < 4.78 is 22.0. The van der Waals surface area contributed by atoms with Gasteiger partial charge in [0.2, 0.25) is 5.78 Å². The van der Waals surface area contributed by atoms with Gasteiger partial charge < -0.3 is 14.2 Å². The number of likely N-dealkylation sites (N-methyl/N-ethyl adjacent to an activating group) is 1. The van der Waals surface area contributed by atoms with Gasteiger partial charge >= 0.3 is 5.63 Å². The van der Waals surface area contributed by atoms with Gasteiger partial charge in [-0.2, -0.15) is 0 Å². The molecule has 0 radical (unpaired) electrons. The molecule has 0 bridgehead atoms. The molecule has 8 heteroatoms. The molecule has 0 N–H and O–H groups in total. The highest BCUT2D eigenvalue weighted by atomic mass is 19.1. The molecule has 0 atom stereocenters. The summed E-state index contributed by atoms with van der Waals surface area (Å²) in [4.78, 5) is 25.4. The molecule has 0 aliphatic carbocycles. The topological polar surface area (TPSA) is 66.9 Å². The Morgan fingerprint density at radius 2 is 1.96 bits per heavy atom. The van der Waals surface area contributed by atoms with Gasteiger partial charge in [-0.15, -0.1) is 0 Å². The number of nitrogens with zero attached hydrogens (tertiary/aromatic N) is 5. The zero-order valence-corrected chi connectivity index (χ0v) is 15.3. The number of fused-ring (bicyclic) bond motifs is 2. The lowest BCUT2D eigenvalue weighted by Gasteiger charge is -2.34. The number of rotatable bonds is 2. The van der Waals surface area contributed by atoms with Gasteiger partial charge in [-0.1, -0.05) is 0 Å². The van der Waals surface area contributed by atoms with Gasteiger partial charge in [0.15, 0.2) is 0 Å². The summed E-state index contributed by atoms with van der Waals surface area (Å²) in [6.45, 7) is 3.42. The summed E-state index contributed by atoms with van der Waals surface area (Å²) >= 11 is 0. The minimum absolute atomic E-state index is 0.212. The predicted molar refractivity (Wildman–Crippen MR) is 104 cm³/mol. The number of hydrogen-bond donors (Lipinski definition) is 0. The average molecular weight is 379 g/mol. The molecule has 5 rings (SSSR count). The average Bonchev–Trinajstić information content (AvgIpc) is 3.12. The monoisotopic (exact) mass is 379 g/mol. The van der Waals surface area contributed by atoms with Gasteiger partial charge in [0, 0.05) is 56.5 Å². The molecule has 28 heavy (non-hydrogen) atoms. The summed E-state index contributed by atoms with van der Waals surface area (Å²) in [6.07, 6.45) is 5.08. The third-order valence-electron chi connectivity index (χ3n) is 5.17. The van der Waals surface area contributed by atoms with Gasteiger partial charge in [0.05, 0.1) is 16.6 Å². The van der Waals surface area contributed by atoms with E-state index < -0.39 is 11.4 Å². The molecule has 1 aromatic carbocycles. The van der Waals surface area contributed by atoms with E-state index in [9.17, 15) is 9.18 Å². The fourth-order valence-corrected chi connectivity index (χ4v) is 3.55. The van der Waals surface area contributed by atoms with Crippen LogP contribution >= 0.6 is 0 Å². The first-order chi connectivity index (χ1) is 13.6. The maximum absolute atomic E-state index is 14.9. The summed E-state index contributed by atoms with van der Waals surface area (Å²) in [5, 5.41) is 0.262. The molecule has 142 valence electrons. The number of imidazole rings is 1. The number of piperazine rings is 1. The van der Waals surface area contributed by atoms with Crippen molar-refractivity contribution in [1.29, 1.82) is 0 Å². The molecule has 1 aliphatic heterocycles. The Labute approximate surface area is 159 Å². The first-order valence-corrected chi connectivity index (χ1v) is 9.09. The van der Waals surface area contributed by atoms with Crippen LogP contribution in [0.5, 0.6) is 0 Å². The Kier molecular flexibility index (Phi) is 3.87. The Balaban J connectivity index is 1.60. The van der Waals surface area contributed by atoms with E-state index in [1.807, 2.05) is 0 Å². The molecule has 7 nitrogen and oxygen atoms in total. The minimum Gasteiger partial charge on any atom is -0.422 e. The second-order valence-corrected chi connectivity index (χ2v) is 7.03. The van der Waals surface area contributed by atoms with Crippen LogP contribution in [0.15, 0.2) is 52.1 Å². The second-order valence-electron chi connectivity index (χ2n) is 7.03. The lowest BCUT2D eigenvalue weighted by molar-refractivity contribution is 0.313. The highest BCUT2D eigenvalue weighted by molar-refractivity contribution is 5.85. The molecule has 4 heterocycles. The number of benzene rings is 1. The van der Waals surface area contributed by atoms with Gasteiger partial charge in [-0.05, 0) is 25.2 Å². The first-order valence-electron chi connectivity index (χ1n) is 9.09. The van der Waals surface area contributed by atoms with Crippen LogP contribution in [0.4, 0.5) is 10.1 Å². The summed E-state index contributed by atoms with van der Waals surface area (Å²) in [5.41, 5.74) is 1.03. The van der Waals surface area contributed by atoms with Crippen molar-refractivity contribution in [3.8, 4) is 11.3 Å². The molecule has 0 amide bonds. The molecule has 1 aliphatic rings. The maximum atomic E-state index is 14.9. The summed E-state index contributed by atoms with van der Waals surface area (Å²) in [5.74, 6) is 0.0428. The van der Waals surface area contributed by atoms with E-state index >= 15 is 0 Å². The largest absolute Gasteiger partial charge is 0.422 e. The molecule has 4 aromatic rings. The zero-order chi connectivity index (χ0) is 19.3. The van der Waals surface area contributed by atoms with Crippen LogP contribution in [0.25, 0.3) is 28.0 Å². The smallest absolute Gasteiger partial charge is 0.345 e. The van der Waals surface area contributed by atoms with E-state index in [0.717, 1.165) is 31.9 Å². The Bertz CT molecular complexity index is 1210. The van der Waals surface area contributed by atoms with Crippen molar-refractivity contribution in [1.82, 2.24) is 19.3 Å². The van der Waals surface area contributed by atoms with E-state index in [1.165, 1.54) is 12.1 Å². The molecule has 1 fully saturated rings. The second kappa shape index (κ2) is 6.42. The summed E-state index contributed by atoms with van der Waals surface area (Å²) in [6, 6.07) is 6.51. The van der Waals surface area contributed by atoms with Crippen LogP contribution in [-0.4, -0.2) is 52.5 Å². The first kappa shape index (κ1) is 16.9. The van der Waals surface area contributed by atoms with Crippen molar-refractivity contribution in [3.63, 3.8) is 0 Å². The number of anilines is 1. The Morgan fingerprint density at radius 1 is 1.14 bits per heavy atom. The van der Waals surface area contributed by atoms with Crippen molar-refractivity contribution in [2.24, 2.45) is 0 Å². The van der Waals surface area contributed by atoms with Crippen molar-refractivity contribution in [3.05, 3.63) is 59.1 Å².